The summed E-state index contributed by atoms with van der Waals surface area (Å²) in [5.41, 5.74) is 13.7. The molecule has 31 heavy (non-hydrogen) atoms. The second-order valence-corrected chi connectivity index (χ2v) is 8.85. The van der Waals surface area contributed by atoms with E-state index in [0.717, 1.165) is 5.56 Å². The molecule has 3 rings (SSSR count). The molecule has 9 heteroatoms. The van der Waals surface area contributed by atoms with E-state index in [2.05, 4.69) is 0 Å². The molecule has 0 aliphatic heterocycles. The van der Waals surface area contributed by atoms with Gasteiger partial charge in [-0.1, -0.05) is 35.9 Å². The number of primary sulfonamides is 1. The first-order valence-corrected chi connectivity index (χ1v) is 11.1. The predicted molar refractivity (Wildman–Crippen MR) is 120 cm³/mol. The van der Waals surface area contributed by atoms with Crippen molar-refractivity contribution < 1.29 is 18.0 Å². The van der Waals surface area contributed by atoms with Crippen molar-refractivity contribution in [3.05, 3.63) is 76.8 Å². The number of benzene rings is 3. The van der Waals surface area contributed by atoms with Crippen LogP contribution in [0.1, 0.15) is 27.1 Å². The van der Waals surface area contributed by atoms with Gasteiger partial charge in [0.1, 0.15) is 0 Å². The van der Waals surface area contributed by atoms with Crippen molar-refractivity contribution in [3.8, 4) is 22.3 Å². The van der Waals surface area contributed by atoms with E-state index in [1.54, 1.807) is 36.4 Å². The SMILES string of the molecule is NCCC(=O)c1c(C(N)=O)cc(-c2ccc(Cl)cc2)cc1-c1ccc(S(N)(=O)=O)cc1. The zero-order chi connectivity index (χ0) is 22.8. The van der Waals surface area contributed by atoms with Gasteiger partial charge in [-0.05, 0) is 65.2 Å². The highest BCUT2D eigenvalue weighted by Gasteiger charge is 2.22. The largest absolute Gasteiger partial charge is 0.366 e. The number of halogens is 1. The van der Waals surface area contributed by atoms with Gasteiger partial charge in [-0.2, -0.15) is 0 Å². The number of sulfonamides is 1. The zero-order valence-electron chi connectivity index (χ0n) is 16.3. The van der Waals surface area contributed by atoms with Crippen LogP contribution in [-0.4, -0.2) is 26.7 Å². The van der Waals surface area contributed by atoms with Crippen molar-refractivity contribution in [2.75, 3.05) is 6.54 Å². The molecule has 3 aromatic carbocycles. The third-order valence-corrected chi connectivity index (χ3v) is 5.91. The van der Waals surface area contributed by atoms with Crippen molar-refractivity contribution >= 4 is 33.3 Å². The lowest BCUT2D eigenvalue weighted by atomic mass is 9.87. The first-order chi connectivity index (χ1) is 14.6. The van der Waals surface area contributed by atoms with Crippen LogP contribution in [0, 0.1) is 0 Å². The van der Waals surface area contributed by atoms with Gasteiger partial charge in [0.05, 0.1) is 10.5 Å². The van der Waals surface area contributed by atoms with Crippen LogP contribution in [-0.2, 0) is 10.0 Å². The molecule has 6 N–H and O–H groups in total. The molecular formula is C22H20ClN3O4S. The van der Waals surface area contributed by atoms with E-state index in [9.17, 15) is 18.0 Å². The fourth-order valence-corrected chi connectivity index (χ4v) is 3.90. The molecule has 0 unspecified atom stereocenters. The van der Waals surface area contributed by atoms with Gasteiger partial charge in [-0.15, -0.1) is 0 Å². The molecule has 0 aliphatic rings. The highest BCUT2D eigenvalue weighted by Crippen LogP contribution is 2.34. The van der Waals surface area contributed by atoms with E-state index in [1.807, 2.05) is 0 Å². The molecule has 160 valence electrons. The van der Waals surface area contributed by atoms with Crippen molar-refractivity contribution in [2.24, 2.45) is 16.6 Å². The quantitative estimate of drug-likeness (QED) is 0.466. The van der Waals surface area contributed by atoms with Crippen LogP contribution in [0.2, 0.25) is 5.02 Å². The minimum Gasteiger partial charge on any atom is -0.366 e. The maximum atomic E-state index is 12.9. The summed E-state index contributed by atoms with van der Waals surface area (Å²) in [7, 11) is -3.88. The lowest BCUT2D eigenvalue weighted by Crippen LogP contribution is -2.19. The smallest absolute Gasteiger partial charge is 0.249 e. The van der Waals surface area contributed by atoms with Crippen molar-refractivity contribution in [2.45, 2.75) is 11.3 Å². The molecule has 0 aliphatic carbocycles. The zero-order valence-corrected chi connectivity index (χ0v) is 17.9. The number of hydrogen-bond acceptors (Lipinski definition) is 5. The second-order valence-electron chi connectivity index (χ2n) is 6.85. The van der Waals surface area contributed by atoms with Gasteiger partial charge in [-0.25, -0.2) is 13.6 Å². The summed E-state index contributed by atoms with van der Waals surface area (Å²) in [6.45, 7) is 0.0970. The molecule has 0 heterocycles. The molecule has 0 atom stereocenters. The number of carbonyl (C=O) groups excluding carboxylic acids is 2. The molecule has 0 radical (unpaired) electrons. The highest BCUT2D eigenvalue weighted by molar-refractivity contribution is 7.89. The second kappa shape index (κ2) is 8.99. The van der Waals surface area contributed by atoms with Crippen LogP contribution in [0.15, 0.2) is 65.6 Å². The van der Waals surface area contributed by atoms with Gasteiger partial charge in [0.25, 0.3) is 0 Å². The van der Waals surface area contributed by atoms with Gasteiger partial charge in [0, 0.05) is 17.0 Å². The molecule has 0 fully saturated rings. The van der Waals surface area contributed by atoms with E-state index in [0.29, 0.717) is 21.7 Å². The number of amides is 1. The summed E-state index contributed by atoms with van der Waals surface area (Å²) in [4.78, 5) is 25.0. The molecule has 0 bridgehead atoms. The lowest BCUT2D eigenvalue weighted by molar-refractivity contribution is 0.0959. The Bertz CT molecular complexity index is 1260. The molecule has 0 saturated heterocycles. The van der Waals surface area contributed by atoms with Gasteiger partial charge >= 0.3 is 0 Å². The van der Waals surface area contributed by atoms with Crippen LogP contribution in [0.25, 0.3) is 22.3 Å². The van der Waals surface area contributed by atoms with Crippen LogP contribution >= 0.6 is 11.6 Å². The van der Waals surface area contributed by atoms with Gasteiger partial charge in [-0.3, -0.25) is 9.59 Å². The number of nitrogens with two attached hydrogens (primary N) is 3. The Balaban J connectivity index is 2.30. The summed E-state index contributed by atoms with van der Waals surface area (Å²) in [6, 6.07) is 16.0. The maximum Gasteiger partial charge on any atom is 0.249 e. The van der Waals surface area contributed by atoms with Crippen LogP contribution in [0.5, 0.6) is 0 Å². The Labute approximate surface area is 184 Å². The Kier molecular flexibility index (Phi) is 6.56. The fourth-order valence-electron chi connectivity index (χ4n) is 3.25. The Morgan fingerprint density at radius 2 is 1.45 bits per heavy atom. The minimum atomic E-state index is -3.88. The minimum absolute atomic E-state index is 0.0167. The fraction of sp³-hybridized carbons (Fsp3) is 0.0909. The van der Waals surface area contributed by atoms with E-state index in [1.165, 1.54) is 24.3 Å². The maximum absolute atomic E-state index is 12.9. The topological polar surface area (TPSA) is 146 Å². The molecule has 3 aromatic rings. The summed E-state index contributed by atoms with van der Waals surface area (Å²) in [5.74, 6) is -1.11. The van der Waals surface area contributed by atoms with Crippen molar-refractivity contribution in [1.29, 1.82) is 0 Å². The number of carbonyl (C=O) groups is 2. The average Bonchev–Trinajstić information content (AvgIpc) is 2.73. The molecular weight excluding hydrogens is 438 g/mol. The molecule has 7 nitrogen and oxygen atoms in total. The standard InChI is InChI=1S/C22H20ClN3O4S/c23-16-5-1-13(2-6-16)15-11-18(14-3-7-17(8-4-14)31(26,29)30)21(20(27)9-10-24)19(12-15)22(25)28/h1-8,11-12H,9-10,24H2,(H2,25,28)(H2,26,29,30). The first kappa shape index (κ1) is 22.6. The summed E-state index contributed by atoms with van der Waals surface area (Å²) in [6.07, 6.45) is 0.0167. The number of ketones is 1. The van der Waals surface area contributed by atoms with Gasteiger partial charge in [0.2, 0.25) is 15.9 Å². The van der Waals surface area contributed by atoms with Crippen molar-refractivity contribution in [3.63, 3.8) is 0 Å². The normalized spacial score (nSPS) is 11.3. The van der Waals surface area contributed by atoms with Crippen LogP contribution < -0.4 is 16.6 Å². The molecule has 0 aromatic heterocycles. The van der Waals surface area contributed by atoms with Gasteiger partial charge < -0.3 is 11.5 Å². The number of hydrogen-bond donors (Lipinski definition) is 3. The van der Waals surface area contributed by atoms with Crippen molar-refractivity contribution in [1.82, 2.24) is 0 Å². The van der Waals surface area contributed by atoms with Crippen LogP contribution in [0.4, 0.5) is 0 Å². The average molecular weight is 458 g/mol. The third-order valence-electron chi connectivity index (χ3n) is 4.73. The Morgan fingerprint density at radius 1 is 0.871 bits per heavy atom. The number of Topliss-reactive ketones (excluding diaryl/α,β-unsaturated/α-hetero) is 1. The highest BCUT2D eigenvalue weighted by atomic mass is 35.5. The first-order valence-electron chi connectivity index (χ1n) is 9.22. The third kappa shape index (κ3) is 5.00. The van der Waals surface area contributed by atoms with E-state index in [4.69, 9.17) is 28.2 Å². The molecule has 0 saturated carbocycles. The lowest BCUT2D eigenvalue weighted by Gasteiger charge is -2.16. The Hall–Kier alpha value is -3.04. The van der Waals surface area contributed by atoms with Gasteiger partial charge in [0.15, 0.2) is 5.78 Å². The van der Waals surface area contributed by atoms with Crippen LogP contribution in [0.3, 0.4) is 0 Å². The predicted octanol–water partition coefficient (Wildman–Crippen LogP) is 2.95. The van der Waals surface area contributed by atoms with E-state index < -0.39 is 15.9 Å². The molecule has 0 spiro atoms. The summed E-state index contributed by atoms with van der Waals surface area (Å²) < 4.78 is 23.2. The Morgan fingerprint density at radius 3 is 1.97 bits per heavy atom. The summed E-state index contributed by atoms with van der Waals surface area (Å²) >= 11 is 5.97. The number of rotatable bonds is 7. The molecule has 1 amide bonds. The summed E-state index contributed by atoms with van der Waals surface area (Å²) in [5, 5.41) is 5.72. The monoisotopic (exact) mass is 457 g/mol. The van der Waals surface area contributed by atoms with E-state index in [-0.39, 0.29) is 34.8 Å². The van der Waals surface area contributed by atoms with E-state index >= 15 is 0 Å². The number of primary amides is 1.